The molecule has 2 heterocycles. The van der Waals surface area contributed by atoms with Crippen LogP contribution in [-0.4, -0.2) is 26.3 Å². The molecule has 0 saturated heterocycles. The van der Waals surface area contributed by atoms with Crippen molar-refractivity contribution >= 4 is 5.69 Å². The summed E-state index contributed by atoms with van der Waals surface area (Å²) in [5, 5.41) is 7.09. The zero-order valence-corrected chi connectivity index (χ0v) is 18.9. The fraction of sp³-hybridized carbons (Fsp3) is 0.458. The van der Waals surface area contributed by atoms with Gasteiger partial charge >= 0.3 is 6.18 Å². The summed E-state index contributed by atoms with van der Waals surface area (Å²) in [7, 11) is 0. The summed E-state index contributed by atoms with van der Waals surface area (Å²) < 4.78 is 45.8. The fourth-order valence-electron chi connectivity index (χ4n) is 4.28. The van der Waals surface area contributed by atoms with Crippen LogP contribution in [0.3, 0.4) is 0 Å². The molecule has 0 radical (unpaired) electrons. The lowest BCUT2D eigenvalue weighted by Crippen LogP contribution is -2.37. The Morgan fingerprint density at radius 1 is 1.12 bits per heavy atom. The number of aromatic nitrogens is 4. The van der Waals surface area contributed by atoms with Gasteiger partial charge in [-0.25, -0.2) is 14.6 Å². The van der Waals surface area contributed by atoms with Gasteiger partial charge in [-0.15, -0.1) is 0 Å². The Balaban J connectivity index is 1.51. The van der Waals surface area contributed by atoms with Crippen molar-refractivity contribution in [3.63, 3.8) is 0 Å². The molecule has 176 valence electrons. The number of hydrogen-bond acceptors (Lipinski definition) is 5. The van der Waals surface area contributed by atoms with Crippen molar-refractivity contribution < 1.29 is 17.9 Å². The summed E-state index contributed by atoms with van der Waals surface area (Å²) in [6, 6.07) is 8.26. The van der Waals surface area contributed by atoms with E-state index in [0.717, 1.165) is 54.1 Å². The van der Waals surface area contributed by atoms with Crippen molar-refractivity contribution in [1.29, 1.82) is 0 Å². The van der Waals surface area contributed by atoms with Crippen LogP contribution in [0.25, 0.3) is 5.95 Å². The normalized spacial score (nSPS) is 16.8. The van der Waals surface area contributed by atoms with Crippen molar-refractivity contribution in [3.05, 3.63) is 60.2 Å². The van der Waals surface area contributed by atoms with Crippen molar-refractivity contribution in [2.75, 3.05) is 11.9 Å². The molecule has 1 atom stereocenters. The van der Waals surface area contributed by atoms with Crippen molar-refractivity contribution in [1.82, 2.24) is 19.7 Å². The SMILES string of the molecule is CCCNc1ccc(C(Oc2cnc(-n3cc(C(F)(F)F)cn3)nc2)C2CC(C)(C)C2)cc1. The number of nitrogens with zero attached hydrogens (tertiary/aromatic N) is 4. The molecule has 3 aromatic rings. The van der Waals surface area contributed by atoms with Gasteiger partial charge < -0.3 is 10.1 Å². The molecule has 1 fully saturated rings. The van der Waals surface area contributed by atoms with Gasteiger partial charge in [0.25, 0.3) is 5.95 Å². The molecule has 33 heavy (non-hydrogen) atoms. The summed E-state index contributed by atoms with van der Waals surface area (Å²) >= 11 is 0. The van der Waals surface area contributed by atoms with E-state index in [1.165, 1.54) is 12.4 Å². The highest BCUT2D eigenvalue weighted by molar-refractivity contribution is 5.45. The molecule has 2 aromatic heterocycles. The van der Waals surface area contributed by atoms with Gasteiger partial charge in [0.15, 0.2) is 5.75 Å². The van der Waals surface area contributed by atoms with E-state index >= 15 is 0 Å². The highest BCUT2D eigenvalue weighted by Crippen LogP contribution is 2.51. The van der Waals surface area contributed by atoms with Gasteiger partial charge in [-0.05, 0) is 42.4 Å². The lowest BCUT2D eigenvalue weighted by atomic mass is 9.62. The summed E-state index contributed by atoms with van der Waals surface area (Å²) in [5.41, 5.74) is 1.57. The molecule has 6 nitrogen and oxygen atoms in total. The highest BCUT2D eigenvalue weighted by Gasteiger charge is 2.42. The third-order valence-electron chi connectivity index (χ3n) is 5.87. The standard InChI is InChI=1S/C24H28F3N5O/c1-4-9-28-19-7-5-16(6-8-19)21(17-10-23(2,3)11-17)33-20-13-29-22(30-14-20)32-15-18(12-31-32)24(25,26)27/h5-8,12-15,17,21,28H,4,9-11H2,1-3H3. The van der Waals surface area contributed by atoms with Gasteiger partial charge in [0.05, 0.1) is 24.2 Å². The summed E-state index contributed by atoms with van der Waals surface area (Å²) in [6.07, 6.45) is 3.08. The third kappa shape index (κ3) is 5.46. The topological polar surface area (TPSA) is 64.9 Å². The second-order valence-corrected chi connectivity index (χ2v) is 9.31. The Hall–Kier alpha value is -3.10. The molecule has 1 aromatic carbocycles. The molecule has 1 aliphatic rings. The summed E-state index contributed by atoms with van der Waals surface area (Å²) in [6.45, 7) is 7.53. The molecule has 1 saturated carbocycles. The van der Waals surface area contributed by atoms with E-state index in [-0.39, 0.29) is 17.5 Å². The van der Waals surface area contributed by atoms with Gasteiger partial charge in [-0.3, -0.25) is 0 Å². The second kappa shape index (κ2) is 9.03. The lowest BCUT2D eigenvalue weighted by Gasteiger charge is -2.46. The summed E-state index contributed by atoms with van der Waals surface area (Å²) in [5.74, 6) is 0.866. The van der Waals surface area contributed by atoms with Gasteiger partial charge in [0, 0.05) is 24.3 Å². The molecular formula is C24H28F3N5O. The van der Waals surface area contributed by atoms with Gasteiger partial charge in [-0.2, -0.15) is 18.3 Å². The van der Waals surface area contributed by atoms with Crippen LogP contribution in [0.4, 0.5) is 18.9 Å². The van der Waals surface area contributed by atoms with E-state index in [9.17, 15) is 13.2 Å². The zero-order chi connectivity index (χ0) is 23.6. The third-order valence-corrected chi connectivity index (χ3v) is 5.87. The van der Waals surface area contributed by atoms with Crippen molar-refractivity contribution in [2.45, 2.75) is 52.3 Å². The number of nitrogens with one attached hydrogen (secondary N) is 1. The Kier molecular flexibility index (Phi) is 6.32. The van der Waals surface area contributed by atoms with Gasteiger partial charge in [0.1, 0.15) is 6.10 Å². The quantitative estimate of drug-likeness (QED) is 0.444. The molecular weight excluding hydrogens is 431 g/mol. The highest BCUT2D eigenvalue weighted by atomic mass is 19.4. The smallest absolute Gasteiger partial charge is 0.419 e. The predicted octanol–water partition coefficient (Wildman–Crippen LogP) is 6.06. The van der Waals surface area contributed by atoms with E-state index in [1.807, 2.05) is 0 Å². The Morgan fingerprint density at radius 3 is 2.33 bits per heavy atom. The Labute approximate surface area is 191 Å². The first-order valence-corrected chi connectivity index (χ1v) is 11.1. The summed E-state index contributed by atoms with van der Waals surface area (Å²) in [4.78, 5) is 8.32. The Bertz CT molecular complexity index is 1050. The van der Waals surface area contributed by atoms with Gasteiger partial charge in [-0.1, -0.05) is 32.9 Å². The first-order chi connectivity index (χ1) is 15.6. The minimum atomic E-state index is -4.47. The fourth-order valence-corrected chi connectivity index (χ4v) is 4.28. The molecule has 1 N–H and O–H groups in total. The number of hydrogen-bond donors (Lipinski definition) is 1. The molecule has 0 aliphatic heterocycles. The van der Waals surface area contributed by atoms with E-state index in [0.29, 0.717) is 11.7 Å². The number of benzene rings is 1. The number of anilines is 1. The van der Waals surface area contributed by atoms with Crippen LogP contribution >= 0.6 is 0 Å². The minimum Gasteiger partial charge on any atom is -0.482 e. The maximum Gasteiger partial charge on any atom is 0.419 e. The maximum absolute atomic E-state index is 12.8. The lowest BCUT2D eigenvalue weighted by molar-refractivity contribution is -0.137. The van der Waals surface area contributed by atoms with Gasteiger partial charge in [0.2, 0.25) is 0 Å². The predicted molar refractivity (Wildman–Crippen MR) is 119 cm³/mol. The van der Waals surface area contributed by atoms with Crippen molar-refractivity contribution in [2.24, 2.45) is 11.3 Å². The average molecular weight is 460 g/mol. The molecule has 0 spiro atoms. The number of ether oxygens (including phenoxy) is 1. The first kappa shape index (κ1) is 23.1. The van der Waals surface area contributed by atoms with E-state index < -0.39 is 11.7 Å². The minimum absolute atomic E-state index is 0.0468. The molecule has 9 heteroatoms. The van der Waals surface area contributed by atoms with E-state index in [2.05, 4.69) is 65.4 Å². The second-order valence-electron chi connectivity index (χ2n) is 9.31. The number of alkyl halides is 3. The largest absolute Gasteiger partial charge is 0.482 e. The number of rotatable bonds is 8. The molecule has 0 amide bonds. The Morgan fingerprint density at radius 2 is 1.79 bits per heavy atom. The van der Waals surface area contributed by atoms with Crippen LogP contribution in [0.15, 0.2) is 49.1 Å². The van der Waals surface area contributed by atoms with Crippen molar-refractivity contribution in [3.8, 4) is 11.7 Å². The zero-order valence-electron chi connectivity index (χ0n) is 18.9. The van der Waals surface area contributed by atoms with E-state index in [1.54, 1.807) is 0 Å². The van der Waals surface area contributed by atoms with E-state index in [4.69, 9.17) is 4.74 Å². The van der Waals surface area contributed by atoms with Crippen LogP contribution in [0.2, 0.25) is 0 Å². The van der Waals surface area contributed by atoms with Crippen LogP contribution in [-0.2, 0) is 6.18 Å². The monoisotopic (exact) mass is 459 g/mol. The van der Waals surface area contributed by atoms with Crippen LogP contribution in [0.5, 0.6) is 5.75 Å². The first-order valence-electron chi connectivity index (χ1n) is 11.1. The maximum atomic E-state index is 12.8. The van der Waals surface area contributed by atoms with Crippen LogP contribution in [0, 0.1) is 11.3 Å². The number of halogens is 3. The molecule has 1 aliphatic carbocycles. The van der Waals surface area contributed by atoms with Crippen LogP contribution < -0.4 is 10.1 Å². The molecule has 4 rings (SSSR count). The molecule has 0 bridgehead atoms. The molecule has 1 unspecified atom stereocenters. The average Bonchev–Trinajstić information content (AvgIpc) is 3.26. The van der Waals surface area contributed by atoms with Crippen LogP contribution in [0.1, 0.15) is 57.3 Å².